The van der Waals surface area contributed by atoms with Crippen LogP contribution in [-0.4, -0.2) is 17.9 Å². The second kappa shape index (κ2) is 4.33. The summed E-state index contributed by atoms with van der Waals surface area (Å²) in [5, 5.41) is 8.84. The largest absolute Gasteiger partial charge is 0.481 e. The Hall–Kier alpha value is -1.23. The Morgan fingerprint density at radius 1 is 1.56 bits per heavy atom. The zero-order valence-corrected chi connectivity index (χ0v) is 10.3. The van der Waals surface area contributed by atoms with E-state index in [9.17, 15) is 4.79 Å². The van der Waals surface area contributed by atoms with Crippen molar-refractivity contribution in [2.45, 2.75) is 19.8 Å². The third kappa shape index (κ3) is 1.87. The minimum absolute atomic E-state index is 0.00157. The van der Waals surface area contributed by atoms with Crippen LogP contribution in [0.2, 0.25) is 0 Å². The maximum absolute atomic E-state index is 10.8. The fourth-order valence-electron chi connectivity index (χ4n) is 1.79. The van der Waals surface area contributed by atoms with Crippen LogP contribution >= 0.6 is 15.9 Å². The molecule has 2 rings (SSSR count). The fourth-order valence-corrected chi connectivity index (χ4v) is 2.64. The van der Waals surface area contributed by atoms with E-state index >= 15 is 0 Å². The van der Waals surface area contributed by atoms with E-state index in [-0.39, 0.29) is 13.2 Å². The van der Waals surface area contributed by atoms with Crippen LogP contribution in [-0.2, 0) is 17.6 Å². The zero-order chi connectivity index (χ0) is 11.7. The van der Waals surface area contributed by atoms with Crippen molar-refractivity contribution in [1.82, 2.24) is 0 Å². The lowest BCUT2D eigenvalue weighted by Gasteiger charge is -2.10. The molecule has 86 valence electrons. The summed E-state index contributed by atoms with van der Waals surface area (Å²) in [5.74, 6) is 0.437. The maximum atomic E-state index is 10.8. The van der Waals surface area contributed by atoms with E-state index in [2.05, 4.69) is 15.9 Å². The quantitative estimate of drug-likeness (QED) is 0.927. The number of hydrogen-bond donors (Lipinski definition) is 1. The first kappa shape index (κ1) is 11.3. The van der Waals surface area contributed by atoms with Gasteiger partial charge in [-0.05, 0) is 39.5 Å². The summed E-state index contributed by atoms with van der Waals surface area (Å²) in [6, 6.07) is 1.75. The molecule has 0 unspecified atom stereocenters. The smallest absolute Gasteiger partial charge is 0.307 e. The number of benzene rings is 1. The molecule has 0 aromatic heterocycles. The second-order valence-electron chi connectivity index (χ2n) is 3.49. The van der Waals surface area contributed by atoms with Crippen molar-refractivity contribution in [3.63, 3.8) is 0 Å². The van der Waals surface area contributed by atoms with Crippen molar-refractivity contribution in [3.8, 4) is 11.5 Å². The summed E-state index contributed by atoms with van der Waals surface area (Å²) < 4.78 is 11.4. The number of halogens is 1. The van der Waals surface area contributed by atoms with E-state index in [4.69, 9.17) is 14.6 Å². The molecular formula is C11H11BrO4. The van der Waals surface area contributed by atoms with Crippen LogP contribution in [0.1, 0.15) is 18.1 Å². The monoisotopic (exact) mass is 286 g/mol. The van der Waals surface area contributed by atoms with Gasteiger partial charge in [-0.25, -0.2) is 0 Å². The van der Waals surface area contributed by atoms with Crippen LogP contribution in [0.4, 0.5) is 0 Å². The minimum atomic E-state index is -0.847. The number of rotatable bonds is 3. The van der Waals surface area contributed by atoms with Crippen LogP contribution in [0.25, 0.3) is 0 Å². The standard InChI is InChI=1S/C11H11BrO4/c1-2-7-6(4-9(13)14)3-8-11(10(7)12)16-5-15-8/h3H,2,4-5H2,1H3,(H,13,14). The molecule has 0 atom stereocenters. The number of fused-ring (bicyclic) bond motifs is 1. The first-order valence-electron chi connectivity index (χ1n) is 4.95. The molecule has 1 aromatic rings. The van der Waals surface area contributed by atoms with Crippen molar-refractivity contribution in [2.24, 2.45) is 0 Å². The van der Waals surface area contributed by atoms with Gasteiger partial charge in [0.1, 0.15) is 0 Å². The predicted octanol–water partition coefficient (Wildman–Crippen LogP) is 2.37. The summed E-state index contributed by atoms with van der Waals surface area (Å²) in [7, 11) is 0. The van der Waals surface area contributed by atoms with Crippen LogP contribution in [0, 0.1) is 0 Å². The number of ether oxygens (including phenoxy) is 2. The van der Waals surface area contributed by atoms with Crippen molar-refractivity contribution in [3.05, 3.63) is 21.7 Å². The van der Waals surface area contributed by atoms with Crippen molar-refractivity contribution in [2.75, 3.05) is 6.79 Å². The molecule has 16 heavy (non-hydrogen) atoms. The minimum Gasteiger partial charge on any atom is -0.481 e. The Morgan fingerprint density at radius 2 is 2.31 bits per heavy atom. The molecule has 0 bridgehead atoms. The summed E-state index contributed by atoms with van der Waals surface area (Å²) >= 11 is 3.44. The maximum Gasteiger partial charge on any atom is 0.307 e. The lowest BCUT2D eigenvalue weighted by Crippen LogP contribution is -2.04. The Bertz CT molecular complexity index is 442. The molecule has 1 aliphatic heterocycles. The molecule has 0 radical (unpaired) electrons. The van der Waals surface area contributed by atoms with Crippen LogP contribution in [0.5, 0.6) is 11.5 Å². The van der Waals surface area contributed by atoms with Gasteiger partial charge in [-0.15, -0.1) is 0 Å². The van der Waals surface area contributed by atoms with Crippen molar-refractivity contribution >= 4 is 21.9 Å². The van der Waals surface area contributed by atoms with Crippen LogP contribution < -0.4 is 9.47 Å². The average Bonchev–Trinajstić information content (AvgIpc) is 2.65. The lowest BCUT2D eigenvalue weighted by atomic mass is 10.0. The fraction of sp³-hybridized carbons (Fsp3) is 0.364. The summed E-state index contributed by atoms with van der Waals surface area (Å²) in [4.78, 5) is 10.8. The van der Waals surface area contributed by atoms with Gasteiger partial charge in [0.05, 0.1) is 10.9 Å². The lowest BCUT2D eigenvalue weighted by molar-refractivity contribution is -0.136. The third-order valence-electron chi connectivity index (χ3n) is 2.49. The molecule has 0 amide bonds. The normalized spacial score (nSPS) is 12.9. The molecule has 0 aliphatic carbocycles. The summed E-state index contributed by atoms with van der Waals surface area (Å²) in [6.07, 6.45) is 0.748. The van der Waals surface area contributed by atoms with Gasteiger partial charge in [0.25, 0.3) is 0 Å². The molecule has 1 heterocycles. The van der Waals surface area contributed by atoms with Gasteiger partial charge < -0.3 is 14.6 Å². The van der Waals surface area contributed by atoms with Gasteiger partial charge in [0, 0.05) is 0 Å². The summed E-state index contributed by atoms with van der Waals surface area (Å²) in [6.45, 7) is 2.17. The van der Waals surface area contributed by atoms with E-state index in [1.807, 2.05) is 6.92 Å². The van der Waals surface area contributed by atoms with Gasteiger partial charge in [-0.3, -0.25) is 4.79 Å². The van der Waals surface area contributed by atoms with Crippen LogP contribution in [0.3, 0.4) is 0 Å². The van der Waals surface area contributed by atoms with Gasteiger partial charge >= 0.3 is 5.97 Å². The Kier molecular flexibility index (Phi) is 3.05. The van der Waals surface area contributed by atoms with E-state index in [0.717, 1.165) is 22.0 Å². The van der Waals surface area contributed by atoms with E-state index in [1.165, 1.54) is 0 Å². The number of carboxylic acids is 1. The van der Waals surface area contributed by atoms with Gasteiger partial charge in [0.2, 0.25) is 6.79 Å². The molecular weight excluding hydrogens is 276 g/mol. The summed E-state index contributed by atoms with van der Waals surface area (Å²) in [5.41, 5.74) is 1.73. The molecule has 5 heteroatoms. The highest BCUT2D eigenvalue weighted by Crippen LogP contribution is 2.43. The molecule has 4 nitrogen and oxygen atoms in total. The SMILES string of the molecule is CCc1c(CC(=O)O)cc2c(c1Br)OCO2. The topological polar surface area (TPSA) is 55.8 Å². The molecule has 0 spiro atoms. The average molecular weight is 287 g/mol. The highest BCUT2D eigenvalue weighted by molar-refractivity contribution is 9.10. The molecule has 1 aromatic carbocycles. The van der Waals surface area contributed by atoms with Crippen molar-refractivity contribution < 1.29 is 19.4 Å². The Balaban J connectivity index is 2.52. The van der Waals surface area contributed by atoms with Crippen LogP contribution in [0.15, 0.2) is 10.5 Å². The number of aliphatic carboxylic acids is 1. The number of carboxylic acid groups (broad SMARTS) is 1. The second-order valence-corrected chi connectivity index (χ2v) is 4.28. The highest BCUT2D eigenvalue weighted by atomic mass is 79.9. The molecule has 1 N–H and O–H groups in total. The van der Waals surface area contributed by atoms with Gasteiger partial charge in [-0.1, -0.05) is 6.92 Å². The third-order valence-corrected chi connectivity index (χ3v) is 3.33. The predicted molar refractivity (Wildman–Crippen MR) is 61.0 cm³/mol. The molecule has 1 aliphatic rings. The first-order valence-corrected chi connectivity index (χ1v) is 5.74. The van der Waals surface area contributed by atoms with Gasteiger partial charge in [-0.2, -0.15) is 0 Å². The zero-order valence-electron chi connectivity index (χ0n) is 8.75. The molecule has 0 saturated carbocycles. The number of hydrogen-bond acceptors (Lipinski definition) is 3. The van der Waals surface area contributed by atoms with E-state index < -0.39 is 5.97 Å². The Morgan fingerprint density at radius 3 is 2.94 bits per heavy atom. The van der Waals surface area contributed by atoms with E-state index in [1.54, 1.807) is 6.07 Å². The molecule has 0 fully saturated rings. The van der Waals surface area contributed by atoms with Gasteiger partial charge in [0.15, 0.2) is 11.5 Å². The molecule has 0 saturated heterocycles. The number of carbonyl (C=O) groups is 1. The highest BCUT2D eigenvalue weighted by Gasteiger charge is 2.22. The van der Waals surface area contributed by atoms with E-state index in [0.29, 0.717) is 11.5 Å². The van der Waals surface area contributed by atoms with Crippen molar-refractivity contribution in [1.29, 1.82) is 0 Å². The first-order chi connectivity index (χ1) is 7.63. The Labute approximate surface area is 101 Å².